The highest BCUT2D eigenvalue weighted by Gasteiger charge is 2.17. The van der Waals surface area contributed by atoms with Gasteiger partial charge < -0.3 is 9.47 Å². The first-order chi connectivity index (χ1) is 12.6. The standard InChI is InChI=1S/C19H20N4O3/c1-4-26-18(24)12-16-19(23-13(2)6-5-7-17(23)20-16)22-21-14-8-10-15(25-3)11-9-14/h5-11H,4,12H2,1-3H3. The van der Waals surface area contributed by atoms with Crippen LogP contribution in [0, 0.1) is 6.92 Å². The van der Waals surface area contributed by atoms with Crippen LogP contribution in [0.4, 0.5) is 11.5 Å². The maximum atomic E-state index is 11.9. The summed E-state index contributed by atoms with van der Waals surface area (Å²) in [5.41, 5.74) is 2.88. The molecular weight excluding hydrogens is 332 g/mol. The number of imidazole rings is 1. The number of methoxy groups -OCH3 is 1. The molecule has 2 heterocycles. The molecule has 0 aliphatic carbocycles. The number of ether oxygens (including phenoxy) is 2. The largest absolute Gasteiger partial charge is 0.497 e. The van der Waals surface area contributed by atoms with Gasteiger partial charge in [0.25, 0.3) is 0 Å². The van der Waals surface area contributed by atoms with Crippen LogP contribution in [0.15, 0.2) is 52.7 Å². The zero-order valence-electron chi connectivity index (χ0n) is 15.0. The number of benzene rings is 1. The molecule has 0 N–H and O–H groups in total. The molecule has 0 spiro atoms. The fourth-order valence-corrected chi connectivity index (χ4v) is 2.61. The quantitative estimate of drug-likeness (QED) is 0.493. The lowest BCUT2D eigenvalue weighted by Gasteiger charge is -2.03. The number of nitrogens with zero attached hydrogens (tertiary/aromatic N) is 4. The number of carbonyl (C=O) groups is 1. The van der Waals surface area contributed by atoms with Crippen LogP contribution < -0.4 is 4.74 Å². The van der Waals surface area contributed by atoms with Gasteiger partial charge in [-0.3, -0.25) is 9.20 Å². The molecule has 134 valence electrons. The molecule has 7 nitrogen and oxygen atoms in total. The Morgan fingerprint density at radius 2 is 1.92 bits per heavy atom. The van der Waals surface area contributed by atoms with Gasteiger partial charge in [-0.25, -0.2) is 4.98 Å². The van der Waals surface area contributed by atoms with Crippen molar-refractivity contribution < 1.29 is 14.3 Å². The average Bonchev–Trinajstić information content (AvgIpc) is 2.99. The maximum Gasteiger partial charge on any atom is 0.312 e. The number of hydrogen-bond donors (Lipinski definition) is 0. The summed E-state index contributed by atoms with van der Waals surface area (Å²) in [6.07, 6.45) is 0.0475. The monoisotopic (exact) mass is 352 g/mol. The van der Waals surface area contributed by atoms with Crippen LogP contribution in [0.25, 0.3) is 5.65 Å². The molecule has 0 amide bonds. The van der Waals surface area contributed by atoms with E-state index in [9.17, 15) is 4.79 Å². The molecule has 0 aliphatic heterocycles. The normalized spacial score (nSPS) is 11.2. The van der Waals surface area contributed by atoms with Crippen molar-refractivity contribution in [1.29, 1.82) is 0 Å². The van der Waals surface area contributed by atoms with Crippen molar-refractivity contribution in [2.24, 2.45) is 10.2 Å². The molecule has 0 aliphatic rings. The Morgan fingerprint density at radius 1 is 1.15 bits per heavy atom. The molecule has 0 fully saturated rings. The smallest absolute Gasteiger partial charge is 0.312 e. The Balaban J connectivity index is 2.00. The zero-order valence-corrected chi connectivity index (χ0v) is 15.0. The van der Waals surface area contributed by atoms with Gasteiger partial charge in [-0.1, -0.05) is 6.07 Å². The van der Waals surface area contributed by atoms with Crippen LogP contribution in [0.1, 0.15) is 18.3 Å². The minimum Gasteiger partial charge on any atom is -0.497 e. The van der Waals surface area contributed by atoms with Crippen molar-refractivity contribution in [3.05, 3.63) is 53.9 Å². The second-order valence-electron chi connectivity index (χ2n) is 5.62. The summed E-state index contributed by atoms with van der Waals surface area (Å²) in [5, 5.41) is 8.66. The van der Waals surface area contributed by atoms with E-state index in [1.807, 2.05) is 53.8 Å². The lowest BCUT2D eigenvalue weighted by molar-refractivity contribution is -0.142. The molecule has 3 aromatic rings. The van der Waals surface area contributed by atoms with E-state index in [1.165, 1.54) is 0 Å². The Bertz CT molecular complexity index is 945. The minimum absolute atomic E-state index is 0.0475. The van der Waals surface area contributed by atoms with Crippen molar-refractivity contribution in [1.82, 2.24) is 9.38 Å². The number of aryl methyl sites for hydroxylation is 1. The molecular formula is C19H20N4O3. The Hall–Kier alpha value is -3.22. The number of hydrogen-bond acceptors (Lipinski definition) is 6. The van der Waals surface area contributed by atoms with Crippen molar-refractivity contribution in [3.8, 4) is 5.75 Å². The average molecular weight is 352 g/mol. The van der Waals surface area contributed by atoms with Crippen molar-refractivity contribution in [3.63, 3.8) is 0 Å². The predicted octanol–water partition coefficient (Wildman–Crippen LogP) is 4.17. The third kappa shape index (κ3) is 3.72. The van der Waals surface area contributed by atoms with Gasteiger partial charge >= 0.3 is 5.97 Å². The molecule has 0 saturated carbocycles. The van der Waals surface area contributed by atoms with E-state index < -0.39 is 0 Å². The van der Waals surface area contributed by atoms with Gasteiger partial charge in [0, 0.05) is 5.69 Å². The van der Waals surface area contributed by atoms with Crippen LogP contribution >= 0.6 is 0 Å². The summed E-state index contributed by atoms with van der Waals surface area (Å²) in [5.74, 6) is 0.939. The van der Waals surface area contributed by atoms with E-state index in [0.717, 1.165) is 11.4 Å². The molecule has 0 bridgehead atoms. The molecule has 0 radical (unpaired) electrons. The van der Waals surface area contributed by atoms with E-state index >= 15 is 0 Å². The van der Waals surface area contributed by atoms with Gasteiger partial charge in [0.1, 0.15) is 11.4 Å². The summed E-state index contributed by atoms with van der Waals surface area (Å²) >= 11 is 0. The predicted molar refractivity (Wildman–Crippen MR) is 97.4 cm³/mol. The SMILES string of the molecule is CCOC(=O)Cc1nc2cccc(C)n2c1N=Nc1ccc(OC)cc1. The number of esters is 1. The first-order valence-corrected chi connectivity index (χ1v) is 8.30. The Kier molecular flexibility index (Phi) is 5.26. The van der Waals surface area contributed by atoms with Gasteiger partial charge in [0.15, 0.2) is 5.82 Å². The van der Waals surface area contributed by atoms with E-state index in [-0.39, 0.29) is 12.4 Å². The van der Waals surface area contributed by atoms with Crippen molar-refractivity contribution in [2.75, 3.05) is 13.7 Å². The van der Waals surface area contributed by atoms with Gasteiger partial charge in [-0.15, -0.1) is 10.2 Å². The number of carbonyl (C=O) groups excluding carboxylic acids is 1. The number of aromatic nitrogens is 2. The molecule has 0 saturated heterocycles. The van der Waals surface area contributed by atoms with Gasteiger partial charge in [0.05, 0.1) is 31.5 Å². The van der Waals surface area contributed by atoms with Crippen LogP contribution in [0.2, 0.25) is 0 Å². The summed E-state index contributed by atoms with van der Waals surface area (Å²) in [6, 6.07) is 13.0. The molecule has 0 atom stereocenters. The first kappa shape index (κ1) is 17.6. The van der Waals surface area contributed by atoms with Crippen LogP contribution in [-0.2, 0) is 16.0 Å². The fraction of sp³-hybridized carbons (Fsp3) is 0.263. The highest BCUT2D eigenvalue weighted by Crippen LogP contribution is 2.27. The maximum absolute atomic E-state index is 11.9. The summed E-state index contributed by atoms with van der Waals surface area (Å²) in [6.45, 7) is 4.05. The number of fused-ring (bicyclic) bond motifs is 1. The van der Waals surface area contributed by atoms with E-state index in [0.29, 0.717) is 29.5 Å². The second kappa shape index (κ2) is 7.77. The summed E-state index contributed by atoms with van der Waals surface area (Å²) in [4.78, 5) is 16.4. The van der Waals surface area contributed by atoms with Crippen molar-refractivity contribution in [2.45, 2.75) is 20.3 Å². The number of rotatable bonds is 6. The third-order valence-electron chi connectivity index (χ3n) is 3.83. The first-order valence-electron chi connectivity index (χ1n) is 8.30. The molecule has 1 aromatic carbocycles. The summed E-state index contributed by atoms with van der Waals surface area (Å²) in [7, 11) is 1.61. The van der Waals surface area contributed by atoms with E-state index in [4.69, 9.17) is 9.47 Å². The zero-order chi connectivity index (χ0) is 18.5. The lowest BCUT2D eigenvalue weighted by Crippen LogP contribution is -2.07. The fourth-order valence-electron chi connectivity index (χ4n) is 2.61. The van der Waals surface area contributed by atoms with Crippen molar-refractivity contribution >= 4 is 23.1 Å². The third-order valence-corrected chi connectivity index (χ3v) is 3.83. The molecule has 3 rings (SSSR count). The Morgan fingerprint density at radius 3 is 2.62 bits per heavy atom. The van der Waals surface area contributed by atoms with Gasteiger partial charge in [-0.2, -0.15) is 0 Å². The molecule has 0 unspecified atom stereocenters. The highest BCUT2D eigenvalue weighted by molar-refractivity contribution is 5.74. The van der Waals surface area contributed by atoms with E-state index in [2.05, 4.69) is 15.2 Å². The number of azo groups is 1. The molecule has 7 heteroatoms. The minimum atomic E-state index is -0.338. The Labute approximate surface area is 151 Å². The van der Waals surface area contributed by atoms with Crippen LogP contribution in [0.3, 0.4) is 0 Å². The molecule has 2 aromatic heterocycles. The van der Waals surface area contributed by atoms with Gasteiger partial charge in [-0.05, 0) is 50.2 Å². The summed E-state index contributed by atoms with van der Waals surface area (Å²) < 4.78 is 12.1. The number of pyridine rings is 1. The van der Waals surface area contributed by atoms with Crippen LogP contribution in [-0.4, -0.2) is 29.1 Å². The van der Waals surface area contributed by atoms with Crippen LogP contribution in [0.5, 0.6) is 5.75 Å². The van der Waals surface area contributed by atoms with E-state index in [1.54, 1.807) is 14.0 Å². The topological polar surface area (TPSA) is 77.5 Å². The molecule has 26 heavy (non-hydrogen) atoms. The highest BCUT2D eigenvalue weighted by atomic mass is 16.5. The van der Waals surface area contributed by atoms with Gasteiger partial charge in [0.2, 0.25) is 0 Å². The lowest BCUT2D eigenvalue weighted by atomic mass is 10.3. The second-order valence-corrected chi connectivity index (χ2v) is 5.62.